The summed E-state index contributed by atoms with van der Waals surface area (Å²) in [5.41, 5.74) is 1.23. The molecule has 138 valence electrons. The number of aliphatic carboxylic acids is 1. The van der Waals surface area contributed by atoms with Crippen LogP contribution in [0.25, 0.3) is 0 Å². The molecule has 1 unspecified atom stereocenters. The van der Waals surface area contributed by atoms with Crippen molar-refractivity contribution in [2.24, 2.45) is 5.92 Å². The van der Waals surface area contributed by atoms with Crippen LogP contribution >= 0.6 is 0 Å². The van der Waals surface area contributed by atoms with Gasteiger partial charge in [-0.15, -0.1) is 0 Å². The molecule has 2 rings (SSSR count). The lowest BCUT2D eigenvalue weighted by molar-refractivity contribution is -0.143. The van der Waals surface area contributed by atoms with Crippen LogP contribution in [0.1, 0.15) is 32.3 Å². The minimum Gasteiger partial charge on any atom is -0.480 e. The van der Waals surface area contributed by atoms with Crippen LogP contribution in [-0.4, -0.2) is 53.7 Å². The predicted molar refractivity (Wildman–Crippen MR) is 95.1 cm³/mol. The Hall–Kier alpha value is -1.92. The Morgan fingerprint density at radius 1 is 1.32 bits per heavy atom. The lowest BCUT2D eigenvalue weighted by atomic mass is 10.0. The molecule has 25 heavy (non-hydrogen) atoms. The molecule has 1 aromatic rings. The number of nitrogens with zero attached hydrogens (tertiary/aromatic N) is 1. The van der Waals surface area contributed by atoms with Crippen molar-refractivity contribution in [3.8, 4) is 0 Å². The van der Waals surface area contributed by atoms with Crippen molar-refractivity contribution < 1.29 is 19.4 Å². The lowest BCUT2D eigenvalue weighted by Crippen LogP contribution is -2.47. The van der Waals surface area contributed by atoms with E-state index in [2.05, 4.69) is 22.3 Å². The van der Waals surface area contributed by atoms with Crippen LogP contribution < -0.4 is 5.32 Å². The molecular weight excluding hydrogens is 320 g/mol. The minimum atomic E-state index is -0.989. The van der Waals surface area contributed by atoms with Gasteiger partial charge >= 0.3 is 5.97 Å². The molecule has 0 radical (unpaired) electrons. The maximum atomic E-state index is 12.2. The van der Waals surface area contributed by atoms with Crippen molar-refractivity contribution >= 4 is 11.9 Å². The van der Waals surface area contributed by atoms with E-state index in [1.807, 2.05) is 32.0 Å². The number of amides is 1. The summed E-state index contributed by atoms with van der Waals surface area (Å²) in [5.74, 6) is -1.05. The van der Waals surface area contributed by atoms with E-state index < -0.39 is 12.0 Å². The number of carboxylic acid groups (broad SMARTS) is 1. The van der Waals surface area contributed by atoms with Crippen LogP contribution in [0.15, 0.2) is 30.3 Å². The average molecular weight is 348 g/mol. The molecule has 6 nitrogen and oxygen atoms in total. The number of nitrogens with one attached hydrogen (secondary N) is 1. The van der Waals surface area contributed by atoms with Crippen LogP contribution in [0.5, 0.6) is 0 Å². The van der Waals surface area contributed by atoms with Gasteiger partial charge in [0.25, 0.3) is 0 Å². The highest BCUT2D eigenvalue weighted by molar-refractivity contribution is 5.83. The van der Waals surface area contributed by atoms with Crippen LogP contribution in [-0.2, 0) is 20.9 Å². The van der Waals surface area contributed by atoms with Crippen molar-refractivity contribution in [3.63, 3.8) is 0 Å². The second-order valence-corrected chi connectivity index (χ2v) is 7.01. The fourth-order valence-electron chi connectivity index (χ4n) is 3.04. The van der Waals surface area contributed by atoms with E-state index in [1.54, 1.807) is 0 Å². The van der Waals surface area contributed by atoms with Gasteiger partial charge in [0.1, 0.15) is 6.04 Å². The summed E-state index contributed by atoms with van der Waals surface area (Å²) in [7, 11) is 0. The van der Waals surface area contributed by atoms with Gasteiger partial charge in [0.15, 0.2) is 0 Å². The molecule has 2 N–H and O–H groups in total. The van der Waals surface area contributed by atoms with Crippen LogP contribution in [0.4, 0.5) is 0 Å². The average Bonchev–Trinajstić information content (AvgIpc) is 2.55. The van der Waals surface area contributed by atoms with E-state index in [4.69, 9.17) is 4.74 Å². The van der Waals surface area contributed by atoms with E-state index in [0.717, 1.165) is 13.1 Å². The molecule has 1 aliphatic heterocycles. The number of rotatable bonds is 8. The summed E-state index contributed by atoms with van der Waals surface area (Å²) in [5, 5.41) is 11.9. The molecule has 1 saturated heterocycles. The maximum Gasteiger partial charge on any atom is 0.326 e. The third-order valence-corrected chi connectivity index (χ3v) is 4.23. The number of morpholine rings is 1. The first kappa shape index (κ1) is 19.4. The molecule has 1 heterocycles. The van der Waals surface area contributed by atoms with Gasteiger partial charge in [-0.25, -0.2) is 4.79 Å². The van der Waals surface area contributed by atoms with Gasteiger partial charge in [0.2, 0.25) is 5.91 Å². The van der Waals surface area contributed by atoms with Gasteiger partial charge in [-0.1, -0.05) is 44.2 Å². The Labute approximate surface area is 149 Å². The van der Waals surface area contributed by atoms with E-state index in [-0.39, 0.29) is 24.3 Å². The van der Waals surface area contributed by atoms with Crippen molar-refractivity contribution in [3.05, 3.63) is 35.9 Å². The third kappa shape index (κ3) is 6.84. The number of hydrogen-bond acceptors (Lipinski definition) is 4. The molecule has 1 aromatic carbocycles. The molecular formula is C19H28N2O4. The van der Waals surface area contributed by atoms with Crippen molar-refractivity contribution in [1.82, 2.24) is 10.2 Å². The second kappa shape index (κ2) is 9.53. The van der Waals surface area contributed by atoms with E-state index in [1.165, 1.54) is 5.56 Å². The predicted octanol–water partition coefficient (Wildman–Crippen LogP) is 1.89. The highest BCUT2D eigenvalue weighted by Gasteiger charge is 2.26. The van der Waals surface area contributed by atoms with E-state index in [0.29, 0.717) is 19.6 Å². The fourth-order valence-corrected chi connectivity index (χ4v) is 3.04. The van der Waals surface area contributed by atoms with Crippen molar-refractivity contribution in [2.75, 3.05) is 19.7 Å². The monoisotopic (exact) mass is 348 g/mol. The molecule has 2 atom stereocenters. The van der Waals surface area contributed by atoms with Gasteiger partial charge in [-0.2, -0.15) is 0 Å². The topological polar surface area (TPSA) is 78.9 Å². The number of benzene rings is 1. The van der Waals surface area contributed by atoms with E-state index >= 15 is 0 Å². The Morgan fingerprint density at radius 3 is 2.68 bits per heavy atom. The Kier molecular flexibility index (Phi) is 7.40. The highest BCUT2D eigenvalue weighted by atomic mass is 16.5. The molecule has 0 aliphatic carbocycles. The van der Waals surface area contributed by atoms with Gasteiger partial charge in [0, 0.05) is 19.6 Å². The summed E-state index contributed by atoms with van der Waals surface area (Å²) < 4.78 is 5.69. The molecule has 1 aliphatic rings. The quantitative estimate of drug-likeness (QED) is 0.750. The Balaban J connectivity index is 1.82. The Bertz CT molecular complexity index is 562. The zero-order chi connectivity index (χ0) is 18.2. The summed E-state index contributed by atoms with van der Waals surface area (Å²) >= 11 is 0. The SMILES string of the molecule is CC(C)C[C@@H](NC(=O)CC1CN(Cc2ccccc2)CCO1)C(=O)O. The number of carboxylic acids is 1. The zero-order valence-corrected chi connectivity index (χ0v) is 15.0. The molecule has 0 spiro atoms. The van der Waals surface area contributed by atoms with Gasteiger partial charge in [-0.3, -0.25) is 9.69 Å². The number of ether oxygens (including phenoxy) is 1. The first-order chi connectivity index (χ1) is 11.9. The summed E-state index contributed by atoms with van der Waals surface area (Å²) in [4.78, 5) is 25.7. The Morgan fingerprint density at radius 2 is 2.04 bits per heavy atom. The molecule has 0 aromatic heterocycles. The standard InChI is InChI=1S/C19H28N2O4/c1-14(2)10-17(19(23)24)20-18(22)11-16-13-21(8-9-25-16)12-15-6-4-3-5-7-15/h3-7,14,16-17H,8-13H2,1-2H3,(H,20,22)(H,23,24)/t16?,17-/m1/s1. The van der Waals surface area contributed by atoms with Gasteiger partial charge in [0.05, 0.1) is 19.1 Å². The normalized spacial score (nSPS) is 19.6. The van der Waals surface area contributed by atoms with Crippen LogP contribution in [0.2, 0.25) is 0 Å². The summed E-state index contributed by atoms with van der Waals surface area (Å²) in [6.45, 7) is 6.79. The zero-order valence-electron chi connectivity index (χ0n) is 15.0. The molecule has 0 saturated carbocycles. The fraction of sp³-hybridized carbons (Fsp3) is 0.579. The first-order valence-corrected chi connectivity index (χ1v) is 8.84. The summed E-state index contributed by atoms with van der Waals surface area (Å²) in [6, 6.07) is 9.35. The van der Waals surface area contributed by atoms with Crippen LogP contribution in [0, 0.1) is 5.92 Å². The molecule has 6 heteroatoms. The molecule has 1 fully saturated rings. The first-order valence-electron chi connectivity index (χ1n) is 8.84. The number of carbonyl (C=O) groups excluding carboxylic acids is 1. The van der Waals surface area contributed by atoms with Crippen molar-refractivity contribution in [2.45, 2.75) is 45.4 Å². The lowest BCUT2D eigenvalue weighted by Gasteiger charge is -2.33. The van der Waals surface area contributed by atoms with Crippen LogP contribution in [0.3, 0.4) is 0 Å². The third-order valence-electron chi connectivity index (χ3n) is 4.23. The van der Waals surface area contributed by atoms with E-state index in [9.17, 15) is 14.7 Å². The second-order valence-electron chi connectivity index (χ2n) is 7.01. The largest absolute Gasteiger partial charge is 0.480 e. The molecule has 0 bridgehead atoms. The van der Waals surface area contributed by atoms with Crippen molar-refractivity contribution in [1.29, 1.82) is 0 Å². The summed E-state index contributed by atoms with van der Waals surface area (Å²) in [6.07, 6.45) is 0.408. The smallest absolute Gasteiger partial charge is 0.326 e. The number of hydrogen-bond donors (Lipinski definition) is 2. The van der Waals surface area contributed by atoms with Gasteiger partial charge < -0.3 is 15.2 Å². The highest BCUT2D eigenvalue weighted by Crippen LogP contribution is 2.13. The minimum absolute atomic E-state index is 0.188. The number of carbonyl (C=O) groups is 2. The van der Waals surface area contributed by atoms with Gasteiger partial charge in [-0.05, 0) is 17.9 Å². The molecule has 1 amide bonds. The maximum absolute atomic E-state index is 12.2.